The standard InChI is InChI=1S/C33H23BrN2O5/c1-41-21-13-10-18(11-14-21)29(38)28-27(25-16-20(34)12-15-26(25)37)33(31(39)23-8-4-5-9-24(23)32(33)40)30-22-7-3-2-6-19(22)17-35-36(28)30/h2-17,27-28,30,37H,1H3/t27-,28+,30+/m1/s1. The van der Waals surface area contributed by atoms with Gasteiger partial charge in [-0.2, -0.15) is 5.10 Å². The SMILES string of the molecule is COc1ccc(C(=O)[C@@H]2[C@@H](c3cc(Br)ccc3O)C3(C(=O)c4ccccc4C3=O)[C@@H]3c4ccccc4C=NN23)cc1. The number of Topliss-reactive ketones (excluding diaryl/α,β-unsaturated/α-hetero) is 3. The molecule has 3 aliphatic rings. The zero-order valence-corrected chi connectivity index (χ0v) is 23.4. The summed E-state index contributed by atoms with van der Waals surface area (Å²) in [7, 11) is 1.54. The summed E-state index contributed by atoms with van der Waals surface area (Å²) in [5.74, 6) is -1.67. The van der Waals surface area contributed by atoms with Crippen molar-refractivity contribution in [2.75, 3.05) is 7.11 Å². The minimum atomic E-state index is -1.76. The number of hydrogen-bond donors (Lipinski definition) is 1. The largest absolute Gasteiger partial charge is 0.508 e. The molecule has 0 saturated carbocycles. The van der Waals surface area contributed by atoms with Crippen molar-refractivity contribution in [2.45, 2.75) is 18.0 Å². The van der Waals surface area contributed by atoms with Crippen LogP contribution in [0.2, 0.25) is 0 Å². The number of hydrogen-bond acceptors (Lipinski definition) is 7. The maximum absolute atomic E-state index is 14.7. The predicted molar refractivity (Wildman–Crippen MR) is 156 cm³/mol. The fraction of sp³-hybridized carbons (Fsp3) is 0.152. The third-order valence-corrected chi connectivity index (χ3v) is 9.04. The Bertz CT molecular complexity index is 1760. The first kappa shape index (κ1) is 25.4. The van der Waals surface area contributed by atoms with Crippen LogP contribution in [-0.4, -0.2) is 46.8 Å². The Morgan fingerprint density at radius 3 is 2.24 bits per heavy atom. The van der Waals surface area contributed by atoms with Crippen LogP contribution in [0.5, 0.6) is 11.5 Å². The van der Waals surface area contributed by atoms with E-state index in [0.717, 1.165) is 11.1 Å². The van der Waals surface area contributed by atoms with Crippen molar-refractivity contribution in [1.29, 1.82) is 0 Å². The van der Waals surface area contributed by atoms with E-state index < -0.39 is 23.4 Å². The number of ketones is 3. The molecule has 4 aromatic rings. The Hall–Kier alpha value is -4.56. The van der Waals surface area contributed by atoms with E-state index in [1.807, 2.05) is 24.3 Å². The lowest BCUT2D eigenvalue weighted by Gasteiger charge is -2.36. The third kappa shape index (κ3) is 3.43. The summed E-state index contributed by atoms with van der Waals surface area (Å²) in [6.07, 6.45) is 1.66. The molecule has 0 amide bonds. The Balaban J connectivity index is 1.55. The molecule has 2 aliphatic heterocycles. The number of phenols is 1. The van der Waals surface area contributed by atoms with Gasteiger partial charge in [0.15, 0.2) is 17.3 Å². The number of nitrogens with zero attached hydrogens (tertiary/aromatic N) is 2. The number of aromatic hydroxyl groups is 1. The van der Waals surface area contributed by atoms with Crippen LogP contribution in [0, 0.1) is 5.41 Å². The molecule has 4 aromatic carbocycles. The second kappa shape index (κ2) is 9.24. The summed E-state index contributed by atoms with van der Waals surface area (Å²) in [6, 6.07) is 23.9. The summed E-state index contributed by atoms with van der Waals surface area (Å²) in [5.41, 5.74) is 1.03. The van der Waals surface area contributed by atoms with Crippen LogP contribution in [0.3, 0.4) is 0 Å². The molecule has 0 radical (unpaired) electrons. The second-order valence-corrected chi connectivity index (χ2v) is 11.4. The number of rotatable bonds is 4. The predicted octanol–water partition coefficient (Wildman–Crippen LogP) is 5.97. The summed E-state index contributed by atoms with van der Waals surface area (Å²) in [4.78, 5) is 44.0. The zero-order valence-electron chi connectivity index (χ0n) is 21.8. The molecule has 2 heterocycles. The maximum Gasteiger partial charge on any atom is 0.187 e. The van der Waals surface area contributed by atoms with Crippen molar-refractivity contribution < 1.29 is 24.2 Å². The van der Waals surface area contributed by atoms with Gasteiger partial charge < -0.3 is 9.84 Å². The fourth-order valence-electron chi connectivity index (χ4n) is 6.82. The number of methoxy groups -OCH3 is 1. The van der Waals surface area contributed by atoms with Crippen LogP contribution in [0.1, 0.15) is 59.7 Å². The van der Waals surface area contributed by atoms with E-state index in [2.05, 4.69) is 15.9 Å². The molecule has 0 bridgehead atoms. The highest BCUT2D eigenvalue weighted by Gasteiger charge is 2.73. The molecule has 1 N–H and O–H groups in total. The van der Waals surface area contributed by atoms with Crippen molar-refractivity contribution in [2.24, 2.45) is 10.5 Å². The van der Waals surface area contributed by atoms with Crippen LogP contribution in [-0.2, 0) is 0 Å². The number of ether oxygens (including phenoxy) is 1. The summed E-state index contributed by atoms with van der Waals surface area (Å²) >= 11 is 3.50. The fourth-order valence-corrected chi connectivity index (χ4v) is 7.20. The third-order valence-electron chi connectivity index (χ3n) is 8.54. The number of carbonyl (C=O) groups excluding carboxylic acids is 3. The molecule has 1 fully saturated rings. The van der Waals surface area contributed by atoms with Gasteiger partial charge in [0.25, 0.3) is 0 Å². The van der Waals surface area contributed by atoms with E-state index in [0.29, 0.717) is 32.5 Å². The van der Waals surface area contributed by atoms with E-state index >= 15 is 0 Å². The molecular formula is C33H23BrN2O5. The minimum absolute atomic E-state index is 0.112. The molecule has 41 heavy (non-hydrogen) atoms. The number of fused-ring (bicyclic) bond motifs is 5. The highest BCUT2D eigenvalue weighted by molar-refractivity contribution is 9.10. The van der Waals surface area contributed by atoms with Gasteiger partial charge in [-0.25, -0.2) is 0 Å². The van der Waals surface area contributed by atoms with Crippen LogP contribution in [0.4, 0.5) is 0 Å². The Labute approximate surface area is 244 Å². The molecule has 202 valence electrons. The number of hydrazone groups is 1. The van der Waals surface area contributed by atoms with E-state index in [-0.39, 0.29) is 23.1 Å². The first-order valence-corrected chi connectivity index (χ1v) is 13.9. The summed E-state index contributed by atoms with van der Waals surface area (Å²) < 4.78 is 5.93. The van der Waals surface area contributed by atoms with Crippen LogP contribution >= 0.6 is 15.9 Å². The van der Waals surface area contributed by atoms with Gasteiger partial charge in [0, 0.05) is 32.6 Å². The lowest BCUT2D eigenvalue weighted by Crippen LogP contribution is -2.43. The van der Waals surface area contributed by atoms with Crippen molar-refractivity contribution in [3.63, 3.8) is 0 Å². The first-order valence-electron chi connectivity index (χ1n) is 13.1. The van der Waals surface area contributed by atoms with E-state index in [1.54, 1.807) is 79.0 Å². The zero-order chi connectivity index (χ0) is 28.5. The molecule has 8 heteroatoms. The van der Waals surface area contributed by atoms with Crippen LogP contribution < -0.4 is 4.74 Å². The Kier molecular flexibility index (Phi) is 5.73. The molecule has 1 spiro atoms. The number of carbonyl (C=O) groups is 3. The summed E-state index contributed by atoms with van der Waals surface area (Å²) in [6.45, 7) is 0. The Morgan fingerprint density at radius 2 is 1.56 bits per heavy atom. The quantitative estimate of drug-likeness (QED) is 0.227. The highest BCUT2D eigenvalue weighted by atomic mass is 79.9. The smallest absolute Gasteiger partial charge is 0.187 e. The van der Waals surface area contributed by atoms with Crippen molar-refractivity contribution >= 4 is 39.5 Å². The summed E-state index contributed by atoms with van der Waals surface area (Å²) in [5, 5.41) is 17.6. The van der Waals surface area contributed by atoms with E-state index in [1.165, 1.54) is 6.07 Å². The number of halogens is 1. The average molecular weight is 607 g/mol. The molecule has 0 aromatic heterocycles. The van der Waals surface area contributed by atoms with Crippen LogP contribution in [0.25, 0.3) is 0 Å². The van der Waals surface area contributed by atoms with Crippen LogP contribution in [0.15, 0.2) is 101 Å². The molecule has 7 nitrogen and oxygen atoms in total. The number of phenolic OH excluding ortho intramolecular Hbond substituents is 1. The minimum Gasteiger partial charge on any atom is -0.508 e. The van der Waals surface area contributed by atoms with Crippen molar-refractivity contribution in [3.8, 4) is 11.5 Å². The van der Waals surface area contributed by atoms with Gasteiger partial charge in [-0.05, 0) is 53.6 Å². The monoisotopic (exact) mass is 606 g/mol. The molecule has 7 rings (SSSR count). The van der Waals surface area contributed by atoms with E-state index in [4.69, 9.17) is 9.84 Å². The molecule has 1 saturated heterocycles. The lowest BCUT2D eigenvalue weighted by atomic mass is 9.62. The van der Waals surface area contributed by atoms with E-state index in [9.17, 15) is 19.5 Å². The van der Waals surface area contributed by atoms with Gasteiger partial charge in [-0.1, -0.05) is 64.5 Å². The first-order chi connectivity index (χ1) is 19.9. The average Bonchev–Trinajstić information content (AvgIpc) is 3.44. The van der Waals surface area contributed by atoms with Gasteiger partial charge >= 0.3 is 0 Å². The highest BCUT2D eigenvalue weighted by Crippen LogP contribution is 2.65. The normalized spacial score (nSPS) is 21.5. The van der Waals surface area contributed by atoms with Gasteiger partial charge in [-0.15, -0.1) is 0 Å². The van der Waals surface area contributed by atoms with Crippen molar-refractivity contribution in [3.05, 3.63) is 129 Å². The lowest BCUT2D eigenvalue weighted by molar-refractivity contribution is 0.0585. The van der Waals surface area contributed by atoms with Gasteiger partial charge in [0.2, 0.25) is 0 Å². The Morgan fingerprint density at radius 1 is 0.902 bits per heavy atom. The molecule has 1 aliphatic carbocycles. The number of benzene rings is 4. The second-order valence-electron chi connectivity index (χ2n) is 10.4. The topological polar surface area (TPSA) is 96.3 Å². The van der Waals surface area contributed by atoms with Gasteiger partial charge in [0.05, 0.1) is 19.4 Å². The molecule has 0 unspecified atom stereocenters. The molecular weight excluding hydrogens is 584 g/mol. The van der Waals surface area contributed by atoms with Gasteiger partial charge in [-0.3, -0.25) is 19.4 Å². The maximum atomic E-state index is 14.7. The molecule has 3 atom stereocenters. The van der Waals surface area contributed by atoms with Gasteiger partial charge in [0.1, 0.15) is 23.0 Å². The van der Waals surface area contributed by atoms with Crippen molar-refractivity contribution in [1.82, 2.24) is 5.01 Å².